The average molecular weight is 413 g/mol. The minimum absolute atomic E-state index is 0.108. The molecule has 0 atom stereocenters. The number of esters is 1. The van der Waals surface area contributed by atoms with Crippen molar-refractivity contribution in [3.05, 3.63) is 53.9 Å². The molecule has 30 heavy (non-hydrogen) atoms. The molecule has 0 aromatic carbocycles. The number of hydrogen-bond donors (Lipinski definition) is 1. The molecular formula is C19H19N5O6. The molecule has 0 saturated heterocycles. The van der Waals surface area contributed by atoms with Crippen LogP contribution in [0.2, 0.25) is 0 Å². The van der Waals surface area contributed by atoms with Crippen LogP contribution in [0, 0.1) is 0 Å². The zero-order chi connectivity index (χ0) is 21.5. The highest BCUT2D eigenvalue weighted by atomic mass is 16.5. The molecule has 3 aromatic rings. The van der Waals surface area contributed by atoms with E-state index in [1.54, 1.807) is 16.9 Å². The molecule has 0 unspecified atom stereocenters. The smallest absolute Gasteiger partial charge is 0.373 e. The number of anilines is 1. The lowest BCUT2D eigenvalue weighted by atomic mass is 10.3. The molecule has 0 saturated carbocycles. The number of carbonyl (C=O) groups is 2. The van der Waals surface area contributed by atoms with Crippen LogP contribution in [0.4, 0.5) is 5.69 Å². The molecule has 1 N–H and O–H groups in total. The van der Waals surface area contributed by atoms with E-state index in [9.17, 15) is 9.59 Å². The number of hydrogen-bond acceptors (Lipinski definition) is 9. The lowest BCUT2D eigenvalue weighted by Crippen LogP contribution is -2.07. The van der Waals surface area contributed by atoms with E-state index in [0.717, 1.165) is 0 Å². The molecule has 11 heteroatoms. The molecule has 0 aliphatic carbocycles. The summed E-state index contributed by atoms with van der Waals surface area (Å²) in [6.45, 7) is 0.281. The van der Waals surface area contributed by atoms with Gasteiger partial charge in [0.2, 0.25) is 17.5 Å². The van der Waals surface area contributed by atoms with Gasteiger partial charge < -0.3 is 23.9 Å². The van der Waals surface area contributed by atoms with Crippen molar-refractivity contribution in [2.24, 2.45) is 0 Å². The number of ether oxygens (including phenoxy) is 3. The van der Waals surface area contributed by atoms with Crippen LogP contribution in [0.1, 0.15) is 21.9 Å². The van der Waals surface area contributed by atoms with E-state index in [-0.39, 0.29) is 30.1 Å². The first-order valence-electron chi connectivity index (χ1n) is 8.66. The Kier molecular flexibility index (Phi) is 6.42. The molecule has 0 fully saturated rings. The highest BCUT2D eigenvalue weighted by molar-refractivity contribution is 6.01. The average Bonchev–Trinajstić information content (AvgIpc) is 3.41. The number of nitrogens with zero attached hydrogens (tertiary/aromatic N) is 4. The van der Waals surface area contributed by atoms with Crippen molar-refractivity contribution in [3.63, 3.8) is 0 Å². The topological polar surface area (TPSA) is 131 Å². The van der Waals surface area contributed by atoms with Gasteiger partial charge in [0.15, 0.2) is 0 Å². The summed E-state index contributed by atoms with van der Waals surface area (Å²) in [4.78, 5) is 31.6. The van der Waals surface area contributed by atoms with Crippen LogP contribution in [-0.2, 0) is 16.1 Å². The molecule has 11 nitrogen and oxygen atoms in total. The van der Waals surface area contributed by atoms with E-state index >= 15 is 0 Å². The molecule has 0 aliphatic rings. The van der Waals surface area contributed by atoms with Crippen molar-refractivity contribution in [2.75, 3.05) is 26.6 Å². The lowest BCUT2D eigenvalue weighted by Gasteiger charge is -2.04. The minimum Gasteiger partial charge on any atom is -0.480 e. The first kappa shape index (κ1) is 20.6. The van der Waals surface area contributed by atoms with Gasteiger partial charge in [0, 0.05) is 18.5 Å². The van der Waals surface area contributed by atoms with Gasteiger partial charge >= 0.3 is 12.0 Å². The summed E-state index contributed by atoms with van der Waals surface area (Å²) >= 11 is 0. The number of methoxy groups -OCH3 is 3. The second-order valence-corrected chi connectivity index (χ2v) is 5.83. The van der Waals surface area contributed by atoms with Gasteiger partial charge in [0.25, 0.3) is 0 Å². The largest absolute Gasteiger partial charge is 0.480 e. The van der Waals surface area contributed by atoms with Gasteiger partial charge in [-0.15, -0.1) is 0 Å². The van der Waals surface area contributed by atoms with Gasteiger partial charge in [0.05, 0.1) is 45.3 Å². The van der Waals surface area contributed by atoms with Crippen LogP contribution in [0.3, 0.4) is 0 Å². The maximum Gasteiger partial charge on any atom is 0.373 e. The number of furan rings is 1. The molecule has 0 bridgehead atoms. The third kappa shape index (κ3) is 5.01. The van der Waals surface area contributed by atoms with E-state index in [1.807, 2.05) is 0 Å². The predicted octanol–water partition coefficient (Wildman–Crippen LogP) is 1.77. The number of carbonyl (C=O) groups excluding carboxylic acids is 2. The molecular weight excluding hydrogens is 394 g/mol. The summed E-state index contributed by atoms with van der Waals surface area (Å²) in [5.41, 5.74) is 1.01. The van der Waals surface area contributed by atoms with Crippen LogP contribution in [-0.4, -0.2) is 53.0 Å². The molecule has 0 aliphatic heterocycles. The SMILES string of the molecule is COC(=O)c1ccc(Cn2cc(NC(=O)/C=C/c3cnc(OC)nc3OC)cn2)o1. The summed E-state index contributed by atoms with van der Waals surface area (Å²) in [6, 6.07) is 3.34. The Labute approximate surface area is 171 Å². The minimum atomic E-state index is -0.555. The zero-order valence-corrected chi connectivity index (χ0v) is 16.5. The fraction of sp³-hybridized carbons (Fsp3) is 0.211. The van der Waals surface area contributed by atoms with Gasteiger partial charge in [-0.1, -0.05) is 0 Å². The third-order valence-corrected chi connectivity index (χ3v) is 3.82. The molecule has 3 aromatic heterocycles. The summed E-state index contributed by atoms with van der Waals surface area (Å²) in [6.07, 6.45) is 7.45. The van der Waals surface area contributed by atoms with Crippen LogP contribution in [0.15, 0.2) is 41.2 Å². The van der Waals surface area contributed by atoms with E-state index in [0.29, 0.717) is 17.0 Å². The van der Waals surface area contributed by atoms with Crippen LogP contribution in [0.25, 0.3) is 6.08 Å². The predicted molar refractivity (Wildman–Crippen MR) is 104 cm³/mol. The summed E-state index contributed by atoms with van der Waals surface area (Å²) in [5, 5.41) is 6.84. The van der Waals surface area contributed by atoms with E-state index in [4.69, 9.17) is 13.9 Å². The molecule has 0 spiro atoms. The third-order valence-electron chi connectivity index (χ3n) is 3.82. The van der Waals surface area contributed by atoms with Crippen molar-refractivity contribution in [2.45, 2.75) is 6.54 Å². The summed E-state index contributed by atoms with van der Waals surface area (Å²) in [5.74, 6) is -0.0265. The van der Waals surface area contributed by atoms with Crippen LogP contribution >= 0.6 is 0 Å². The van der Waals surface area contributed by atoms with Crippen molar-refractivity contribution in [3.8, 4) is 11.9 Å². The van der Waals surface area contributed by atoms with Gasteiger partial charge in [-0.05, 0) is 18.2 Å². The molecule has 1 amide bonds. The summed E-state index contributed by atoms with van der Waals surface area (Å²) < 4.78 is 21.6. The Morgan fingerprint density at radius 1 is 1.20 bits per heavy atom. The van der Waals surface area contributed by atoms with E-state index in [1.165, 1.54) is 51.9 Å². The Morgan fingerprint density at radius 3 is 2.77 bits per heavy atom. The van der Waals surface area contributed by atoms with E-state index in [2.05, 4.69) is 25.1 Å². The zero-order valence-electron chi connectivity index (χ0n) is 16.5. The van der Waals surface area contributed by atoms with Crippen molar-refractivity contribution >= 4 is 23.6 Å². The first-order valence-corrected chi connectivity index (χ1v) is 8.66. The van der Waals surface area contributed by atoms with Gasteiger partial charge in [0.1, 0.15) is 5.76 Å². The Morgan fingerprint density at radius 2 is 2.03 bits per heavy atom. The standard InChI is InChI=1S/C19H19N5O6/c1-27-17-12(8-20-19(23-17)29-3)4-7-16(25)22-13-9-21-24(10-13)11-14-5-6-15(30-14)18(26)28-2/h4-10H,11H2,1-3H3,(H,22,25)/b7-4+. The molecule has 3 heterocycles. The van der Waals surface area contributed by atoms with Gasteiger partial charge in [-0.25, -0.2) is 9.78 Å². The summed E-state index contributed by atoms with van der Waals surface area (Å²) in [7, 11) is 4.18. The normalized spacial score (nSPS) is 10.8. The molecule has 156 valence electrons. The monoisotopic (exact) mass is 413 g/mol. The van der Waals surface area contributed by atoms with Crippen molar-refractivity contribution < 1.29 is 28.2 Å². The Balaban J connectivity index is 1.60. The highest BCUT2D eigenvalue weighted by Crippen LogP contribution is 2.18. The lowest BCUT2D eigenvalue weighted by molar-refractivity contribution is -0.111. The fourth-order valence-corrected chi connectivity index (χ4v) is 2.43. The molecule has 3 rings (SSSR count). The first-order chi connectivity index (χ1) is 14.5. The van der Waals surface area contributed by atoms with Crippen molar-refractivity contribution in [1.82, 2.24) is 19.7 Å². The Bertz CT molecular complexity index is 1070. The Hall–Kier alpha value is -4.15. The second-order valence-electron chi connectivity index (χ2n) is 5.83. The van der Waals surface area contributed by atoms with E-state index < -0.39 is 5.97 Å². The van der Waals surface area contributed by atoms with Crippen molar-refractivity contribution in [1.29, 1.82) is 0 Å². The van der Waals surface area contributed by atoms with Gasteiger partial charge in [-0.3, -0.25) is 9.48 Å². The highest BCUT2D eigenvalue weighted by Gasteiger charge is 2.12. The van der Waals surface area contributed by atoms with Gasteiger partial charge in [-0.2, -0.15) is 10.1 Å². The quantitative estimate of drug-likeness (QED) is 0.433. The number of nitrogens with one attached hydrogen (secondary N) is 1. The van der Waals surface area contributed by atoms with Crippen LogP contribution in [0.5, 0.6) is 11.9 Å². The van der Waals surface area contributed by atoms with Crippen LogP contribution < -0.4 is 14.8 Å². The maximum absolute atomic E-state index is 12.2. The number of amides is 1. The number of rotatable bonds is 8. The number of aromatic nitrogens is 4. The second kappa shape index (κ2) is 9.37. The fourth-order valence-electron chi connectivity index (χ4n) is 2.43. The maximum atomic E-state index is 12.2. The molecule has 0 radical (unpaired) electrons.